The van der Waals surface area contributed by atoms with Crippen molar-refractivity contribution < 1.29 is 0 Å². The summed E-state index contributed by atoms with van der Waals surface area (Å²) in [6.07, 6.45) is 5.76. The van der Waals surface area contributed by atoms with E-state index in [2.05, 4.69) is 52.5 Å². The number of fused-ring (bicyclic) bond motifs is 1. The lowest BCUT2D eigenvalue weighted by Gasteiger charge is -2.25. The van der Waals surface area contributed by atoms with Crippen LogP contribution in [0, 0.1) is 6.92 Å². The Morgan fingerprint density at radius 3 is 2.61 bits per heavy atom. The van der Waals surface area contributed by atoms with Crippen LogP contribution in [0.3, 0.4) is 0 Å². The summed E-state index contributed by atoms with van der Waals surface area (Å²) in [5.74, 6) is 0. The van der Waals surface area contributed by atoms with Crippen LogP contribution in [0.25, 0.3) is 5.57 Å². The van der Waals surface area contributed by atoms with Gasteiger partial charge in [-0.3, -0.25) is 0 Å². The molecule has 0 spiro atoms. The SMILES string of the molecule is C=CC1=C(CCCC)C(C)(C)c2cc(C)ccc21. The van der Waals surface area contributed by atoms with Gasteiger partial charge in [0.15, 0.2) is 0 Å². The van der Waals surface area contributed by atoms with Gasteiger partial charge in [-0.1, -0.05) is 69.2 Å². The molecular weight excluding hydrogens is 216 g/mol. The Hall–Kier alpha value is -1.30. The van der Waals surface area contributed by atoms with E-state index in [-0.39, 0.29) is 5.41 Å². The maximum Gasteiger partial charge on any atom is 0.0120 e. The van der Waals surface area contributed by atoms with Crippen LogP contribution in [0.1, 0.15) is 56.7 Å². The van der Waals surface area contributed by atoms with E-state index in [1.807, 2.05) is 6.08 Å². The maximum atomic E-state index is 4.03. The van der Waals surface area contributed by atoms with Crippen molar-refractivity contribution in [3.05, 3.63) is 53.1 Å². The summed E-state index contributed by atoms with van der Waals surface area (Å²) >= 11 is 0. The Morgan fingerprint density at radius 1 is 1.28 bits per heavy atom. The number of hydrogen-bond donors (Lipinski definition) is 0. The highest BCUT2D eigenvalue weighted by Gasteiger charge is 2.35. The average Bonchev–Trinajstić information content (AvgIpc) is 2.54. The van der Waals surface area contributed by atoms with Crippen molar-refractivity contribution in [3.8, 4) is 0 Å². The molecule has 0 bridgehead atoms. The third-order valence-corrected chi connectivity index (χ3v) is 4.20. The van der Waals surface area contributed by atoms with E-state index in [9.17, 15) is 0 Å². The number of unbranched alkanes of at least 4 members (excludes halogenated alkanes) is 1. The summed E-state index contributed by atoms with van der Waals surface area (Å²) in [7, 11) is 0. The Bertz CT molecular complexity index is 501. The molecule has 0 heterocycles. The molecule has 1 aromatic rings. The van der Waals surface area contributed by atoms with Gasteiger partial charge in [0.1, 0.15) is 0 Å². The third kappa shape index (κ3) is 1.94. The number of benzene rings is 1. The second kappa shape index (κ2) is 4.76. The molecule has 0 unspecified atom stereocenters. The largest absolute Gasteiger partial charge is 0.0984 e. The zero-order chi connectivity index (χ0) is 13.3. The molecule has 0 aromatic heterocycles. The van der Waals surface area contributed by atoms with Gasteiger partial charge in [-0.25, -0.2) is 0 Å². The molecule has 0 fully saturated rings. The lowest BCUT2D eigenvalue weighted by molar-refractivity contribution is 0.592. The van der Waals surface area contributed by atoms with Crippen molar-refractivity contribution in [2.75, 3.05) is 0 Å². The topological polar surface area (TPSA) is 0 Å². The summed E-state index contributed by atoms with van der Waals surface area (Å²) in [6.45, 7) is 13.2. The van der Waals surface area contributed by atoms with E-state index < -0.39 is 0 Å². The second-order valence-electron chi connectivity index (χ2n) is 5.87. The molecule has 1 aliphatic carbocycles. The van der Waals surface area contributed by atoms with Crippen molar-refractivity contribution in [1.29, 1.82) is 0 Å². The fourth-order valence-electron chi connectivity index (χ4n) is 3.11. The molecule has 18 heavy (non-hydrogen) atoms. The average molecular weight is 240 g/mol. The molecule has 96 valence electrons. The van der Waals surface area contributed by atoms with Crippen molar-refractivity contribution in [2.45, 2.75) is 52.4 Å². The third-order valence-electron chi connectivity index (χ3n) is 4.20. The summed E-state index contributed by atoms with van der Waals surface area (Å²) in [4.78, 5) is 0. The fourth-order valence-corrected chi connectivity index (χ4v) is 3.11. The van der Waals surface area contributed by atoms with Crippen molar-refractivity contribution in [1.82, 2.24) is 0 Å². The van der Waals surface area contributed by atoms with Crippen LogP contribution >= 0.6 is 0 Å². The molecule has 0 saturated heterocycles. The highest BCUT2D eigenvalue weighted by molar-refractivity contribution is 5.85. The molecule has 0 nitrogen and oxygen atoms in total. The van der Waals surface area contributed by atoms with Gasteiger partial charge >= 0.3 is 0 Å². The van der Waals surface area contributed by atoms with Gasteiger partial charge < -0.3 is 0 Å². The number of hydrogen-bond acceptors (Lipinski definition) is 0. The quantitative estimate of drug-likeness (QED) is 0.659. The van der Waals surface area contributed by atoms with Gasteiger partial charge in [-0.05, 0) is 36.5 Å². The van der Waals surface area contributed by atoms with Crippen LogP contribution in [0.4, 0.5) is 0 Å². The second-order valence-corrected chi connectivity index (χ2v) is 5.87. The normalized spacial score (nSPS) is 16.9. The molecular formula is C18H24. The number of aryl methyl sites for hydroxylation is 1. The standard InChI is InChI=1S/C18H24/c1-6-8-9-16-14(7-2)15-11-10-13(3)12-17(15)18(16,4)5/h7,10-12H,2,6,8-9H2,1,3-5H3. The van der Waals surface area contributed by atoms with Crippen LogP contribution < -0.4 is 0 Å². The molecule has 0 N–H and O–H groups in total. The van der Waals surface area contributed by atoms with Gasteiger partial charge in [0, 0.05) is 5.41 Å². The zero-order valence-corrected chi connectivity index (χ0v) is 12.1. The molecule has 0 amide bonds. The first kappa shape index (κ1) is 13.1. The van der Waals surface area contributed by atoms with E-state index >= 15 is 0 Å². The highest BCUT2D eigenvalue weighted by atomic mass is 14.4. The van der Waals surface area contributed by atoms with Crippen LogP contribution in [-0.2, 0) is 5.41 Å². The van der Waals surface area contributed by atoms with Gasteiger partial charge in [0.2, 0.25) is 0 Å². The van der Waals surface area contributed by atoms with Crippen LogP contribution in [0.15, 0.2) is 36.4 Å². The van der Waals surface area contributed by atoms with E-state index in [0.29, 0.717) is 0 Å². The summed E-state index contributed by atoms with van der Waals surface area (Å²) in [6, 6.07) is 6.82. The molecule has 1 aliphatic rings. The first-order valence-corrected chi connectivity index (χ1v) is 7.00. The number of allylic oxidation sites excluding steroid dienone is 3. The van der Waals surface area contributed by atoms with E-state index in [1.165, 1.54) is 41.5 Å². The van der Waals surface area contributed by atoms with Gasteiger partial charge in [-0.2, -0.15) is 0 Å². The molecule has 0 aliphatic heterocycles. The first-order chi connectivity index (χ1) is 8.52. The maximum absolute atomic E-state index is 4.03. The zero-order valence-electron chi connectivity index (χ0n) is 12.1. The minimum Gasteiger partial charge on any atom is -0.0984 e. The molecule has 0 atom stereocenters. The molecule has 0 radical (unpaired) electrons. The lowest BCUT2D eigenvalue weighted by atomic mass is 9.79. The van der Waals surface area contributed by atoms with Crippen molar-refractivity contribution in [2.24, 2.45) is 0 Å². The Labute approximate surface area is 111 Å². The minimum absolute atomic E-state index is 0.167. The van der Waals surface area contributed by atoms with Crippen molar-refractivity contribution >= 4 is 5.57 Å². The summed E-state index contributed by atoms with van der Waals surface area (Å²) < 4.78 is 0. The lowest BCUT2D eigenvalue weighted by Crippen LogP contribution is -2.17. The predicted octanol–water partition coefficient (Wildman–Crippen LogP) is 5.42. The first-order valence-electron chi connectivity index (χ1n) is 7.00. The molecule has 1 aromatic carbocycles. The Balaban J connectivity index is 2.55. The minimum atomic E-state index is 0.167. The fraction of sp³-hybridized carbons (Fsp3) is 0.444. The Morgan fingerprint density at radius 2 is 2.00 bits per heavy atom. The van der Waals surface area contributed by atoms with Gasteiger partial charge in [0.25, 0.3) is 0 Å². The number of rotatable bonds is 4. The highest BCUT2D eigenvalue weighted by Crippen LogP contribution is 2.48. The van der Waals surface area contributed by atoms with E-state index in [0.717, 1.165) is 0 Å². The van der Waals surface area contributed by atoms with Crippen LogP contribution in [0.2, 0.25) is 0 Å². The van der Waals surface area contributed by atoms with Crippen LogP contribution in [-0.4, -0.2) is 0 Å². The van der Waals surface area contributed by atoms with Crippen LogP contribution in [0.5, 0.6) is 0 Å². The summed E-state index contributed by atoms with van der Waals surface area (Å²) in [5, 5.41) is 0. The smallest absolute Gasteiger partial charge is 0.0120 e. The van der Waals surface area contributed by atoms with Gasteiger partial charge in [0.05, 0.1) is 0 Å². The monoisotopic (exact) mass is 240 g/mol. The molecule has 0 saturated carbocycles. The van der Waals surface area contributed by atoms with Gasteiger partial charge in [-0.15, -0.1) is 0 Å². The molecule has 2 rings (SSSR count). The van der Waals surface area contributed by atoms with E-state index in [4.69, 9.17) is 0 Å². The Kier molecular flexibility index (Phi) is 3.47. The van der Waals surface area contributed by atoms with E-state index in [1.54, 1.807) is 5.57 Å². The van der Waals surface area contributed by atoms with Crippen molar-refractivity contribution in [3.63, 3.8) is 0 Å². The molecule has 0 heteroatoms. The predicted molar refractivity (Wildman–Crippen MR) is 80.8 cm³/mol. The summed E-state index contributed by atoms with van der Waals surface area (Å²) in [5.41, 5.74) is 7.33.